The predicted octanol–water partition coefficient (Wildman–Crippen LogP) is -1.34. The highest BCUT2D eigenvalue weighted by molar-refractivity contribution is 5.30. The lowest BCUT2D eigenvalue weighted by atomic mass is 10.3. The minimum atomic E-state index is -0.608. The average Bonchev–Trinajstić information content (AvgIpc) is 2.62. The molecule has 3 N–H and O–H groups in total. The molecule has 2 rings (SSSR count). The molecule has 0 aromatic carbocycles. The van der Waals surface area contributed by atoms with Crippen LogP contribution in [0.3, 0.4) is 0 Å². The second-order valence-corrected chi connectivity index (χ2v) is 3.06. The van der Waals surface area contributed by atoms with Crippen LogP contribution in [0.5, 0.6) is 0 Å². The number of hydrogen-bond donors (Lipinski definition) is 3. The number of nitrogens with zero attached hydrogens (tertiary/aromatic N) is 1. The van der Waals surface area contributed by atoms with Crippen LogP contribution >= 0.6 is 0 Å². The van der Waals surface area contributed by atoms with Crippen molar-refractivity contribution in [1.82, 2.24) is 15.2 Å². The fourth-order valence-corrected chi connectivity index (χ4v) is 1.29. The summed E-state index contributed by atoms with van der Waals surface area (Å²) in [6.07, 6.45) is 0.834. The van der Waals surface area contributed by atoms with Gasteiger partial charge in [0.05, 0.1) is 12.6 Å². The van der Waals surface area contributed by atoms with Crippen LogP contribution in [0.4, 0.5) is 5.82 Å². The number of H-pyrrole nitrogens is 2. The van der Waals surface area contributed by atoms with Gasteiger partial charge in [0.25, 0.3) is 5.56 Å². The molecule has 1 aromatic heterocycles. The van der Waals surface area contributed by atoms with Gasteiger partial charge < -0.3 is 10.1 Å². The van der Waals surface area contributed by atoms with E-state index < -0.39 is 11.2 Å². The highest BCUT2D eigenvalue weighted by atomic mass is 16.5. The molecule has 1 atom stereocenters. The Labute approximate surface area is 78.5 Å². The molecule has 0 saturated carbocycles. The molecule has 1 fully saturated rings. The largest absolute Gasteiger partial charge is 0.379 e. The summed E-state index contributed by atoms with van der Waals surface area (Å²) in [5.74, 6) is 0.125. The minimum Gasteiger partial charge on any atom is -0.379 e. The maximum absolute atomic E-state index is 11.2. The van der Waals surface area contributed by atoms with Crippen LogP contribution in [-0.4, -0.2) is 34.4 Å². The van der Waals surface area contributed by atoms with E-state index in [1.807, 2.05) is 0 Å². The molecular formula is C7H10N4O3. The molecular weight excluding hydrogens is 188 g/mol. The van der Waals surface area contributed by atoms with E-state index in [0.29, 0.717) is 13.2 Å². The maximum atomic E-state index is 11.2. The van der Waals surface area contributed by atoms with E-state index in [-0.39, 0.29) is 11.9 Å². The van der Waals surface area contributed by atoms with Crippen molar-refractivity contribution < 1.29 is 4.74 Å². The Morgan fingerprint density at radius 3 is 3.00 bits per heavy atom. The standard InChI is InChI=1S/C7H10N4O3/c12-6-5(10-11-7(13)9-6)8-4-1-2-14-3-4/h4H,1-3H2,(H,8,10)(H2,9,11,12,13). The number of rotatable bonds is 2. The molecule has 0 aliphatic carbocycles. The minimum absolute atomic E-state index is 0.0921. The van der Waals surface area contributed by atoms with Crippen molar-refractivity contribution in [3.8, 4) is 0 Å². The monoisotopic (exact) mass is 198 g/mol. The van der Waals surface area contributed by atoms with Crippen molar-refractivity contribution in [2.24, 2.45) is 0 Å². The third-order valence-corrected chi connectivity index (χ3v) is 1.98. The van der Waals surface area contributed by atoms with Crippen LogP contribution in [0.2, 0.25) is 0 Å². The molecule has 2 heterocycles. The predicted molar refractivity (Wildman–Crippen MR) is 48.3 cm³/mol. The normalized spacial score (nSPS) is 21.0. The van der Waals surface area contributed by atoms with E-state index in [1.54, 1.807) is 0 Å². The molecule has 1 aliphatic heterocycles. The second kappa shape index (κ2) is 3.62. The van der Waals surface area contributed by atoms with Gasteiger partial charge in [0.15, 0.2) is 0 Å². The summed E-state index contributed by atoms with van der Waals surface area (Å²) in [5, 5.41) is 8.63. The number of anilines is 1. The smallest absolute Gasteiger partial charge is 0.342 e. The van der Waals surface area contributed by atoms with Crippen LogP contribution in [-0.2, 0) is 4.74 Å². The first-order valence-electron chi connectivity index (χ1n) is 4.29. The molecule has 14 heavy (non-hydrogen) atoms. The molecule has 7 heteroatoms. The molecule has 0 spiro atoms. The average molecular weight is 198 g/mol. The third-order valence-electron chi connectivity index (χ3n) is 1.98. The first kappa shape index (κ1) is 8.95. The Balaban J connectivity index is 2.16. The summed E-state index contributed by atoms with van der Waals surface area (Å²) < 4.78 is 5.12. The number of aromatic amines is 2. The zero-order chi connectivity index (χ0) is 9.97. The summed E-state index contributed by atoms with van der Waals surface area (Å²) in [6, 6.07) is 0.0921. The van der Waals surface area contributed by atoms with E-state index in [4.69, 9.17) is 4.74 Å². The molecule has 76 valence electrons. The van der Waals surface area contributed by atoms with Gasteiger partial charge >= 0.3 is 5.69 Å². The number of ether oxygens (including phenoxy) is 1. The van der Waals surface area contributed by atoms with Gasteiger partial charge in [0, 0.05) is 6.61 Å². The fraction of sp³-hybridized carbons (Fsp3) is 0.571. The highest BCUT2D eigenvalue weighted by Crippen LogP contribution is 2.06. The molecule has 0 radical (unpaired) electrons. The fourth-order valence-electron chi connectivity index (χ4n) is 1.29. The summed E-state index contributed by atoms with van der Waals surface area (Å²) in [7, 11) is 0. The van der Waals surface area contributed by atoms with Crippen LogP contribution in [0.1, 0.15) is 6.42 Å². The lowest BCUT2D eigenvalue weighted by Gasteiger charge is -2.08. The number of nitrogens with one attached hydrogen (secondary N) is 3. The van der Waals surface area contributed by atoms with Crippen molar-refractivity contribution in [3.05, 3.63) is 20.8 Å². The van der Waals surface area contributed by atoms with E-state index in [9.17, 15) is 9.59 Å². The zero-order valence-electron chi connectivity index (χ0n) is 7.37. The van der Waals surface area contributed by atoms with E-state index in [1.165, 1.54) is 0 Å². The van der Waals surface area contributed by atoms with E-state index >= 15 is 0 Å². The van der Waals surface area contributed by atoms with Gasteiger partial charge in [-0.2, -0.15) is 0 Å². The Morgan fingerprint density at radius 1 is 1.50 bits per heavy atom. The molecule has 7 nitrogen and oxygen atoms in total. The molecule has 0 amide bonds. The SMILES string of the molecule is O=c1[nH]nc(NC2CCOC2)c(=O)[nH]1. The van der Waals surface area contributed by atoms with Gasteiger partial charge in [-0.3, -0.25) is 9.78 Å². The number of aromatic nitrogens is 3. The first-order chi connectivity index (χ1) is 6.75. The third kappa shape index (κ3) is 1.82. The number of hydrogen-bond acceptors (Lipinski definition) is 5. The Morgan fingerprint density at radius 2 is 2.36 bits per heavy atom. The van der Waals surface area contributed by atoms with Crippen LogP contribution in [0.15, 0.2) is 9.59 Å². The Bertz CT molecular complexity index is 417. The molecule has 0 bridgehead atoms. The first-order valence-corrected chi connectivity index (χ1v) is 4.29. The van der Waals surface area contributed by atoms with Gasteiger partial charge in [-0.25, -0.2) is 9.89 Å². The van der Waals surface area contributed by atoms with Gasteiger partial charge in [0.1, 0.15) is 0 Å². The molecule has 1 aliphatic rings. The van der Waals surface area contributed by atoms with E-state index in [0.717, 1.165) is 6.42 Å². The topological polar surface area (TPSA) is 99.9 Å². The molecule has 1 aromatic rings. The van der Waals surface area contributed by atoms with Crippen molar-refractivity contribution in [2.45, 2.75) is 12.5 Å². The second-order valence-electron chi connectivity index (χ2n) is 3.06. The lowest BCUT2D eigenvalue weighted by molar-refractivity contribution is 0.195. The summed E-state index contributed by atoms with van der Waals surface area (Å²) in [5.41, 5.74) is -1.12. The molecule has 1 saturated heterocycles. The summed E-state index contributed by atoms with van der Waals surface area (Å²) in [6.45, 7) is 1.24. The summed E-state index contributed by atoms with van der Waals surface area (Å²) >= 11 is 0. The van der Waals surface area contributed by atoms with Crippen LogP contribution < -0.4 is 16.6 Å². The quantitative estimate of drug-likeness (QED) is 0.546. The zero-order valence-corrected chi connectivity index (χ0v) is 7.37. The Hall–Kier alpha value is -1.63. The van der Waals surface area contributed by atoms with Gasteiger partial charge in [0.2, 0.25) is 5.82 Å². The highest BCUT2D eigenvalue weighted by Gasteiger charge is 2.16. The summed E-state index contributed by atoms with van der Waals surface area (Å²) in [4.78, 5) is 23.9. The van der Waals surface area contributed by atoms with Gasteiger partial charge in [-0.05, 0) is 6.42 Å². The Kier molecular flexibility index (Phi) is 2.32. The van der Waals surface area contributed by atoms with Crippen LogP contribution in [0, 0.1) is 0 Å². The van der Waals surface area contributed by atoms with E-state index in [2.05, 4.69) is 20.5 Å². The van der Waals surface area contributed by atoms with Gasteiger partial charge in [-0.1, -0.05) is 0 Å². The van der Waals surface area contributed by atoms with Gasteiger partial charge in [-0.15, -0.1) is 5.10 Å². The maximum Gasteiger partial charge on any atom is 0.342 e. The van der Waals surface area contributed by atoms with Crippen LogP contribution in [0.25, 0.3) is 0 Å². The van der Waals surface area contributed by atoms with Crippen molar-refractivity contribution in [2.75, 3.05) is 18.5 Å². The lowest BCUT2D eigenvalue weighted by Crippen LogP contribution is -2.30. The van der Waals surface area contributed by atoms with Crippen molar-refractivity contribution >= 4 is 5.82 Å². The van der Waals surface area contributed by atoms with Crippen molar-refractivity contribution in [3.63, 3.8) is 0 Å². The van der Waals surface area contributed by atoms with Crippen molar-refractivity contribution in [1.29, 1.82) is 0 Å². The molecule has 1 unspecified atom stereocenters.